The Bertz CT molecular complexity index is 1250. The maximum atomic E-state index is 13.2. The molecule has 0 bridgehead atoms. The third-order valence-electron chi connectivity index (χ3n) is 4.23. The second kappa shape index (κ2) is 8.85. The van der Waals surface area contributed by atoms with E-state index < -0.39 is 20.0 Å². The summed E-state index contributed by atoms with van der Waals surface area (Å²) in [6, 6.07) is 18.1. The van der Waals surface area contributed by atoms with Gasteiger partial charge in [0.25, 0.3) is 20.0 Å². The largest absolute Gasteiger partial charge is 0.278 e. The molecule has 0 aromatic heterocycles. The van der Waals surface area contributed by atoms with Gasteiger partial charge in [-0.3, -0.25) is 9.03 Å². The summed E-state index contributed by atoms with van der Waals surface area (Å²) in [5.41, 5.74) is 0.454. The van der Waals surface area contributed by atoms with Crippen LogP contribution in [0.4, 0.5) is 11.4 Å². The highest BCUT2D eigenvalue weighted by atomic mass is 35.5. The van der Waals surface area contributed by atoms with Gasteiger partial charge in [-0.05, 0) is 61.5 Å². The highest BCUT2D eigenvalue weighted by molar-refractivity contribution is 7.93. The first-order chi connectivity index (χ1) is 14.1. The molecular formula is C20H18Cl2N2O4S2. The molecule has 0 aliphatic carbocycles. The van der Waals surface area contributed by atoms with Crippen molar-refractivity contribution in [3.05, 3.63) is 82.8 Å². The summed E-state index contributed by atoms with van der Waals surface area (Å²) in [6.07, 6.45) is 0. The monoisotopic (exact) mass is 484 g/mol. The number of hydrogen-bond acceptors (Lipinski definition) is 4. The molecule has 0 heterocycles. The van der Waals surface area contributed by atoms with Crippen molar-refractivity contribution in [2.75, 3.05) is 15.6 Å². The SMILES string of the molecule is CCN(c1ccccc1)S(=O)(=O)c1ccc(Cl)c(NS(=O)(=O)c2ccc(Cl)cc2)c1. The molecule has 3 aromatic carbocycles. The fourth-order valence-corrected chi connectivity index (χ4v) is 5.69. The summed E-state index contributed by atoms with van der Waals surface area (Å²) < 4.78 is 55.3. The quantitative estimate of drug-likeness (QED) is 0.510. The average Bonchev–Trinajstić information content (AvgIpc) is 2.71. The van der Waals surface area contributed by atoms with Crippen LogP contribution in [0.2, 0.25) is 10.0 Å². The third-order valence-corrected chi connectivity index (χ3v) is 8.09. The Morgan fingerprint density at radius 2 is 1.43 bits per heavy atom. The molecule has 3 aromatic rings. The van der Waals surface area contributed by atoms with E-state index in [9.17, 15) is 16.8 Å². The summed E-state index contributed by atoms with van der Waals surface area (Å²) >= 11 is 11.9. The number of anilines is 2. The minimum absolute atomic E-state index is 0.0318. The van der Waals surface area contributed by atoms with Crippen molar-refractivity contribution in [1.82, 2.24) is 0 Å². The zero-order valence-corrected chi connectivity index (χ0v) is 18.9. The van der Waals surface area contributed by atoms with Gasteiger partial charge in [0.1, 0.15) is 0 Å². The van der Waals surface area contributed by atoms with Crippen LogP contribution >= 0.6 is 23.2 Å². The van der Waals surface area contributed by atoms with E-state index in [0.717, 1.165) is 0 Å². The van der Waals surface area contributed by atoms with Gasteiger partial charge in [-0.25, -0.2) is 16.8 Å². The van der Waals surface area contributed by atoms with Crippen molar-refractivity contribution in [2.24, 2.45) is 0 Å². The molecular weight excluding hydrogens is 467 g/mol. The molecule has 0 amide bonds. The Morgan fingerprint density at radius 3 is 2.03 bits per heavy atom. The summed E-state index contributed by atoms with van der Waals surface area (Å²) in [7, 11) is -7.94. The Kier molecular flexibility index (Phi) is 6.62. The predicted molar refractivity (Wildman–Crippen MR) is 120 cm³/mol. The summed E-state index contributed by atoms with van der Waals surface area (Å²) in [5.74, 6) is 0. The number of nitrogens with one attached hydrogen (secondary N) is 1. The minimum Gasteiger partial charge on any atom is -0.278 e. The van der Waals surface area contributed by atoms with Gasteiger partial charge in [0.15, 0.2) is 0 Å². The molecule has 158 valence electrons. The number of nitrogens with zero attached hydrogens (tertiary/aromatic N) is 1. The molecule has 0 aliphatic rings. The van der Waals surface area contributed by atoms with E-state index >= 15 is 0 Å². The maximum Gasteiger partial charge on any atom is 0.264 e. The lowest BCUT2D eigenvalue weighted by Crippen LogP contribution is -2.30. The van der Waals surface area contributed by atoms with Crippen LogP contribution in [0, 0.1) is 0 Å². The minimum atomic E-state index is -3.99. The van der Waals surface area contributed by atoms with E-state index in [1.165, 1.54) is 46.8 Å². The van der Waals surface area contributed by atoms with E-state index in [1.807, 2.05) is 0 Å². The predicted octanol–water partition coefficient (Wildman–Crippen LogP) is 5.01. The summed E-state index contributed by atoms with van der Waals surface area (Å²) in [6.45, 7) is 1.91. The lowest BCUT2D eigenvalue weighted by molar-refractivity contribution is 0.591. The van der Waals surface area contributed by atoms with Crippen LogP contribution < -0.4 is 9.03 Å². The van der Waals surface area contributed by atoms with Crippen LogP contribution in [0.15, 0.2) is 82.6 Å². The van der Waals surface area contributed by atoms with E-state index in [4.69, 9.17) is 23.2 Å². The third kappa shape index (κ3) is 4.73. The normalized spacial score (nSPS) is 11.8. The Labute approximate surface area is 186 Å². The van der Waals surface area contributed by atoms with Crippen LogP contribution in [-0.4, -0.2) is 23.4 Å². The molecule has 0 aliphatic heterocycles. The van der Waals surface area contributed by atoms with Crippen LogP contribution in [0.25, 0.3) is 0 Å². The van der Waals surface area contributed by atoms with Gasteiger partial charge >= 0.3 is 0 Å². The fraction of sp³-hybridized carbons (Fsp3) is 0.100. The molecule has 0 fully saturated rings. The molecule has 10 heteroatoms. The first kappa shape index (κ1) is 22.4. The smallest absolute Gasteiger partial charge is 0.264 e. The van der Waals surface area contributed by atoms with Gasteiger partial charge in [0, 0.05) is 11.6 Å². The maximum absolute atomic E-state index is 13.2. The van der Waals surface area contributed by atoms with Crippen molar-refractivity contribution in [3.63, 3.8) is 0 Å². The molecule has 6 nitrogen and oxygen atoms in total. The Hall–Kier alpha value is -2.26. The van der Waals surface area contributed by atoms with Crippen LogP contribution in [0.5, 0.6) is 0 Å². The molecule has 3 rings (SSSR count). The van der Waals surface area contributed by atoms with Crippen molar-refractivity contribution in [3.8, 4) is 0 Å². The summed E-state index contributed by atoms with van der Waals surface area (Å²) in [5, 5.41) is 0.454. The molecule has 0 unspecified atom stereocenters. The standard InChI is InChI=1S/C20H18Cl2N2O4S2/c1-2-24(16-6-4-3-5-7-16)30(27,28)18-12-13-19(22)20(14-18)23-29(25,26)17-10-8-15(21)9-11-17/h3-14,23H,2H2,1H3. The highest BCUT2D eigenvalue weighted by Crippen LogP contribution is 2.30. The lowest BCUT2D eigenvalue weighted by atomic mass is 10.3. The molecule has 0 radical (unpaired) electrons. The van der Waals surface area contributed by atoms with Gasteiger partial charge < -0.3 is 0 Å². The number of hydrogen-bond donors (Lipinski definition) is 1. The number of benzene rings is 3. The van der Waals surface area contributed by atoms with Crippen molar-refractivity contribution in [2.45, 2.75) is 16.7 Å². The second-order valence-electron chi connectivity index (χ2n) is 6.21. The van der Waals surface area contributed by atoms with Gasteiger partial charge in [-0.15, -0.1) is 0 Å². The van der Waals surface area contributed by atoms with Crippen molar-refractivity contribution < 1.29 is 16.8 Å². The second-order valence-corrected chi connectivity index (χ2v) is 10.6. The zero-order chi connectivity index (χ0) is 21.9. The van der Waals surface area contributed by atoms with Gasteiger partial charge in [0.05, 0.1) is 26.2 Å². The van der Waals surface area contributed by atoms with Crippen molar-refractivity contribution >= 4 is 54.6 Å². The Morgan fingerprint density at radius 1 is 0.833 bits per heavy atom. The summed E-state index contributed by atoms with van der Waals surface area (Å²) in [4.78, 5) is -0.123. The topological polar surface area (TPSA) is 83.6 Å². The number of halogens is 2. The lowest BCUT2D eigenvalue weighted by Gasteiger charge is -2.23. The Balaban J connectivity index is 1.99. The van der Waals surface area contributed by atoms with Crippen molar-refractivity contribution in [1.29, 1.82) is 0 Å². The van der Waals surface area contributed by atoms with Gasteiger partial charge in [-0.1, -0.05) is 41.4 Å². The molecule has 0 saturated carbocycles. The number of rotatable bonds is 7. The average molecular weight is 485 g/mol. The van der Waals surface area contributed by atoms with Gasteiger partial charge in [0.2, 0.25) is 0 Å². The van der Waals surface area contributed by atoms with E-state index in [-0.39, 0.29) is 27.0 Å². The van der Waals surface area contributed by atoms with E-state index in [2.05, 4.69) is 4.72 Å². The van der Waals surface area contributed by atoms with E-state index in [1.54, 1.807) is 37.3 Å². The molecule has 30 heavy (non-hydrogen) atoms. The number of para-hydroxylation sites is 1. The molecule has 0 atom stereocenters. The molecule has 0 saturated heterocycles. The van der Waals surface area contributed by atoms with Crippen LogP contribution in [0.3, 0.4) is 0 Å². The first-order valence-electron chi connectivity index (χ1n) is 8.81. The highest BCUT2D eigenvalue weighted by Gasteiger charge is 2.25. The van der Waals surface area contributed by atoms with E-state index in [0.29, 0.717) is 10.7 Å². The first-order valence-corrected chi connectivity index (χ1v) is 12.5. The van der Waals surface area contributed by atoms with Crippen LogP contribution in [0.1, 0.15) is 6.92 Å². The molecule has 1 N–H and O–H groups in total. The van der Waals surface area contributed by atoms with Gasteiger partial charge in [-0.2, -0.15) is 0 Å². The van der Waals surface area contributed by atoms with Crippen LogP contribution in [-0.2, 0) is 20.0 Å². The molecule has 0 spiro atoms. The number of sulfonamides is 2. The fourth-order valence-electron chi connectivity index (χ4n) is 2.77. The zero-order valence-electron chi connectivity index (χ0n) is 15.8.